The molecule has 0 rings (SSSR count). The lowest BCUT2D eigenvalue weighted by Gasteiger charge is -2.31. The molecule has 0 heterocycles. The monoisotopic (exact) mass is 374 g/mol. The Balaban J connectivity index is 5.03. The summed E-state index contributed by atoms with van der Waals surface area (Å²) in [6, 6.07) is 0. The van der Waals surface area contributed by atoms with Crippen LogP contribution in [-0.2, 0) is 4.74 Å². The molecule has 0 amide bonds. The van der Waals surface area contributed by atoms with E-state index in [1.54, 1.807) is 0 Å². The summed E-state index contributed by atoms with van der Waals surface area (Å²) in [5, 5.41) is 0. The van der Waals surface area contributed by atoms with Crippen LogP contribution >= 0.6 is 31.9 Å². The topological polar surface area (TPSA) is 9.23 Å². The van der Waals surface area contributed by atoms with Gasteiger partial charge in [-0.15, -0.1) is 13.2 Å². The van der Waals surface area contributed by atoms with E-state index in [-0.39, 0.29) is 0 Å². The highest BCUT2D eigenvalue weighted by Crippen LogP contribution is 2.53. The second-order valence-corrected chi connectivity index (χ2v) is 4.15. The van der Waals surface area contributed by atoms with Gasteiger partial charge in [-0.25, -0.2) is 4.74 Å². The lowest BCUT2D eigenvalue weighted by Crippen LogP contribution is -2.53. The quantitative estimate of drug-likeness (QED) is 0.531. The molecule has 0 fully saturated rings. The average molecular weight is 376 g/mol. The zero-order valence-corrected chi connectivity index (χ0v) is 9.36. The average Bonchev–Trinajstić information content (AvgIpc) is 1.77. The predicted molar refractivity (Wildman–Crippen MR) is 38.7 cm³/mol. The summed E-state index contributed by atoms with van der Waals surface area (Å²) in [5.74, 6) is -5.77. The van der Waals surface area contributed by atoms with Crippen molar-refractivity contribution in [2.24, 2.45) is 0 Å². The van der Waals surface area contributed by atoms with Gasteiger partial charge in [0.25, 0.3) is 0 Å². The Morgan fingerprint density at radius 1 is 0.733 bits per heavy atom. The highest BCUT2D eigenvalue weighted by atomic mass is 79.9. The molecule has 15 heavy (non-hydrogen) atoms. The van der Waals surface area contributed by atoms with Gasteiger partial charge in [0.1, 0.15) is 0 Å². The van der Waals surface area contributed by atoms with Crippen LogP contribution in [0.1, 0.15) is 0 Å². The van der Waals surface area contributed by atoms with Gasteiger partial charge in [0, 0.05) is 0 Å². The van der Waals surface area contributed by atoms with Gasteiger partial charge in [-0.3, -0.25) is 0 Å². The van der Waals surface area contributed by atoms with Crippen LogP contribution in [0.3, 0.4) is 0 Å². The lowest BCUT2D eigenvalue weighted by atomic mass is 10.3. The van der Waals surface area contributed by atoms with Crippen molar-refractivity contribution in [3.8, 4) is 0 Å². The minimum Gasteiger partial charge on any atom is -0.238 e. The maximum atomic E-state index is 12.6. The van der Waals surface area contributed by atoms with Gasteiger partial charge in [0.15, 0.2) is 0 Å². The number of halogens is 10. The molecule has 0 aliphatic heterocycles. The normalized spacial score (nSPS) is 18.8. The minimum atomic E-state index is -5.85. The first kappa shape index (κ1) is 15.4. The second kappa shape index (κ2) is 3.99. The van der Waals surface area contributed by atoms with Crippen molar-refractivity contribution in [2.45, 2.75) is 21.9 Å². The molecule has 0 aliphatic carbocycles. The van der Waals surface area contributed by atoms with E-state index in [2.05, 4.69) is 4.74 Å². The molecule has 0 bridgehead atoms. The van der Waals surface area contributed by atoms with E-state index in [1.165, 1.54) is 0 Å². The number of hydrogen-bond donors (Lipinski definition) is 0. The fourth-order valence-electron chi connectivity index (χ4n) is 0.374. The molecule has 0 radical (unpaired) electrons. The van der Waals surface area contributed by atoms with Crippen molar-refractivity contribution in [2.75, 3.05) is 0 Å². The molecule has 0 N–H and O–H groups in total. The molecule has 0 spiro atoms. The van der Waals surface area contributed by atoms with E-state index < -0.39 is 21.9 Å². The standard InChI is InChI=1S/C4Br2F8O/c5-2(9,10)1(7,8)3(6,11)15-4(12,13)14. The second-order valence-electron chi connectivity index (χ2n) is 2.14. The van der Waals surface area contributed by atoms with Crippen LogP contribution in [0.15, 0.2) is 0 Å². The first-order valence-electron chi connectivity index (χ1n) is 2.80. The van der Waals surface area contributed by atoms with E-state index in [0.29, 0.717) is 0 Å². The molecule has 11 heteroatoms. The van der Waals surface area contributed by atoms with E-state index >= 15 is 0 Å². The van der Waals surface area contributed by atoms with Crippen LogP contribution in [0.5, 0.6) is 0 Å². The molecule has 1 atom stereocenters. The van der Waals surface area contributed by atoms with Crippen LogP contribution in [-0.4, -0.2) is 21.9 Å². The molecule has 0 saturated heterocycles. The smallest absolute Gasteiger partial charge is 0.238 e. The maximum Gasteiger partial charge on any atom is 0.526 e. The first-order valence-corrected chi connectivity index (χ1v) is 4.38. The molecule has 92 valence electrons. The number of rotatable bonds is 3. The van der Waals surface area contributed by atoms with E-state index in [0.717, 1.165) is 31.9 Å². The Morgan fingerprint density at radius 3 is 1.27 bits per heavy atom. The third-order valence-electron chi connectivity index (χ3n) is 0.965. The highest BCUT2D eigenvalue weighted by Gasteiger charge is 2.72. The highest BCUT2D eigenvalue weighted by molar-refractivity contribution is 9.10. The fourth-order valence-corrected chi connectivity index (χ4v) is 1.33. The predicted octanol–water partition coefficient (Wildman–Crippen LogP) is 4.16. The third-order valence-corrected chi connectivity index (χ3v) is 2.12. The summed E-state index contributed by atoms with van der Waals surface area (Å²) in [6.45, 7) is 0. The molecule has 0 aromatic heterocycles. The molecule has 0 aromatic rings. The summed E-state index contributed by atoms with van der Waals surface area (Å²) in [4.78, 5) is -5.22. The Labute approximate surface area is 94.0 Å². The molecular formula is C4Br2F8O. The maximum absolute atomic E-state index is 12.6. The van der Waals surface area contributed by atoms with Crippen LogP contribution in [0.4, 0.5) is 35.1 Å². The zero-order valence-electron chi connectivity index (χ0n) is 6.19. The van der Waals surface area contributed by atoms with Crippen LogP contribution in [0.2, 0.25) is 0 Å². The van der Waals surface area contributed by atoms with Crippen molar-refractivity contribution < 1.29 is 39.9 Å². The van der Waals surface area contributed by atoms with Gasteiger partial charge in [-0.1, -0.05) is 0 Å². The number of ether oxygens (including phenoxy) is 1. The summed E-state index contributed by atoms with van der Waals surface area (Å²) in [5.41, 5.74) is 0. The number of alkyl halides is 10. The van der Waals surface area contributed by atoms with E-state index in [4.69, 9.17) is 0 Å². The molecule has 1 unspecified atom stereocenters. The van der Waals surface area contributed by atoms with Gasteiger partial charge in [-0.05, 0) is 31.9 Å². The Hall–Kier alpha value is 0.360. The molecule has 1 nitrogen and oxygen atoms in total. The Morgan fingerprint density at radius 2 is 1.07 bits per heavy atom. The van der Waals surface area contributed by atoms with Gasteiger partial charge in [0.2, 0.25) is 0 Å². The van der Waals surface area contributed by atoms with Gasteiger partial charge >= 0.3 is 21.9 Å². The third kappa shape index (κ3) is 3.70. The van der Waals surface area contributed by atoms with E-state index in [1.807, 2.05) is 0 Å². The molecule has 0 aromatic carbocycles. The SMILES string of the molecule is FC(F)(F)OC(F)(Br)C(F)(F)C(F)(F)Br. The molecule has 0 aliphatic rings. The summed E-state index contributed by atoms with van der Waals surface area (Å²) < 4.78 is 92.7. The first-order chi connectivity index (χ1) is 6.21. The van der Waals surface area contributed by atoms with Crippen LogP contribution < -0.4 is 0 Å². The van der Waals surface area contributed by atoms with Gasteiger partial charge in [0.05, 0.1) is 0 Å². The fraction of sp³-hybridized carbons (Fsp3) is 1.00. The Bertz CT molecular complexity index is 230. The van der Waals surface area contributed by atoms with Gasteiger partial charge in [-0.2, -0.15) is 22.0 Å². The van der Waals surface area contributed by atoms with Gasteiger partial charge < -0.3 is 0 Å². The lowest BCUT2D eigenvalue weighted by molar-refractivity contribution is -0.408. The summed E-state index contributed by atoms with van der Waals surface area (Å²) in [7, 11) is 0. The largest absolute Gasteiger partial charge is 0.526 e. The van der Waals surface area contributed by atoms with E-state index in [9.17, 15) is 35.1 Å². The van der Waals surface area contributed by atoms with Crippen molar-refractivity contribution in [1.82, 2.24) is 0 Å². The van der Waals surface area contributed by atoms with Crippen molar-refractivity contribution >= 4 is 31.9 Å². The van der Waals surface area contributed by atoms with Crippen LogP contribution in [0.25, 0.3) is 0 Å². The van der Waals surface area contributed by atoms with Crippen molar-refractivity contribution in [3.05, 3.63) is 0 Å². The number of hydrogen-bond acceptors (Lipinski definition) is 1. The summed E-state index contributed by atoms with van der Waals surface area (Å²) in [6.07, 6.45) is -5.85. The Kier molecular flexibility index (Phi) is 4.08. The molecule has 0 saturated carbocycles. The van der Waals surface area contributed by atoms with Crippen molar-refractivity contribution in [1.29, 1.82) is 0 Å². The zero-order chi connectivity index (χ0) is 12.7. The summed E-state index contributed by atoms with van der Waals surface area (Å²) >= 11 is 2.15. The van der Waals surface area contributed by atoms with Crippen LogP contribution in [0, 0.1) is 0 Å². The molecular weight excluding hydrogens is 376 g/mol. The minimum absolute atomic E-state index is 1.04. The van der Waals surface area contributed by atoms with Crippen molar-refractivity contribution in [3.63, 3.8) is 0 Å².